The maximum Gasteiger partial charge on any atom is 0.410 e. The van der Waals surface area contributed by atoms with Gasteiger partial charge in [-0.3, -0.25) is 4.79 Å². The Hall–Kier alpha value is -2.37. The lowest BCUT2D eigenvalue weighted by atomic mass is 9.89. The van der Waals surface area contributed by atoms with Crippen molar-refractivity contribution in [2.45, 2.75) is 39.2 Å². The van der Waals surface area contributed by atoms with Gasteiger partial charge in [0.15, 0.2) is 0 Å². The molecule has 1 N–H and O–H groups in total. The third-order valence-electron chi connectivity index (χ3n) is 4.25. The number of nitrogens with zero attached hydrogens (tertiary/aromatic N) is 1. The zero-order valence-electron chi connectivity index (χ0n) is 15.7. The first-order valence-electron chi connectivity index (χ1n) is 9.03. The first-order valence-corrected chi connectivity index (χ1v) is 9.03. The number of nitrogens with one attached hydrogen (secondary N) is 1. The first-order chi connectivity index (χ1) is 12.3. The molecule has 1 heterocycles. The Morgan fingerprint density at radius 1 is 1.23 bits per heavy atom. The number of likely N-dealkylation sites (tertiary alicyclic amines) is 1. The lowest BCUT2D eigenvalue weighted by Crippen LogP contribution is -2.50. The molecule has 1 aromatic rings. The van der Waals surface area contributed by atoms with Crippen LogP contribution in [0.4, 0.5) is 4.79 Å². The van der Waals surface area contributed by atoms with E-state index in [1.165, 1.54) is 4.90 Å². The topological polar surface area (TPSA) is 75.7 Å². The fraction of sp³-hybridized carbons (Fsp3) is 0.550. The molecule has 1 aliphatic rings. The molecule has 1 saturated heterocycles. The third-order valence-corrected chi connectivity index (χ3v) is 4.25. The molecule has 142 valence electrons. The van der Waals surface area contributed by atoms with Crippen LogP contribution < -0.4 is 5.32 Å². The Morgan fingerprint density at radius 3 is 2.54 bits per heavy atom. The molecule has 0 bridgehead atoms. The summed E-state index contributed by atoms with van der Waals surface area (Å²) in [6.45, 7) is 6.47. The lowest BCUT2D eigenvalue weighted by Gasteiger charge is -2.36. The Balaban J connectivity index is 1.90. The van der Waals surface area contributed by atoms with Crippen LogP contribution in [0.25, 0.3) is 0 Å². The number of ether oxygens (including phenoxy) is 1. The maximum absolute atomic E-state index is 12.5. The highest BCUT2D eigenvalue weighted by atomic mass is 16.6. The normalized spacial score (nSPS) is 20.3. The molecule has 0 radical (unpaired) electrons. The molecular formula is C20H28N2O4. The van der Waals surface area contributed by atoms with Gasteiger partial charge in [0.2, 0.25) is 5.91 Å². The van der Waals surface area contributed by atoms with Crippen LogP contribution in [0, 0.1) is 11.8 Å². The van der Waals surface area contributed by atoms with Gasteiger partial charge in [-0.25, -0.2) is 4.79 Å². The van der Waals surface area contributed by atoms with Crippen LogP contribution in [0.3, 0.4) is 0 Å². The van der Waals surface area contributed by atoms with Gasteiger partial charge in [-0.1, -0.05) is 30.3 Å². The molecular weight excluding hydrogens is 332 g/mol. The van der Waals surface area contributed by atoms with E-state index in [-0.39, 0.29) is 18.4 Å². The third kappa shape index (κ3) is 6.17. The smallest absolute Gasteiger partial charge is 0.410 e. The van der Waals surface area contributed by atoms with Gasteiger partial charge in [0.1, 0.15) is 11.9 Å². The van der Waals surface area contributed by atoms with Crippen molar-refractivity contribution in [3.63, 3.8) is 0 Å². The van der Waals surface area contributed by atoms with E-state index in [2.05, 4.69) is 5.32 Å². The molecule has 1 aromatic carbocycles. The molecule has 0 aromatic heterocycles. The van der Waals surface area contributed by atoms with Crippen LogP contribution in [-0.4, -0.2) is 48.4 Å². The average Bonchev–Trinajstić information content (AvgIpc) is 2.60. The highest BCUT2D eigenvalue weighted by molar-refractivity contribution is 5.80. The minimum absolute atomic E-state index is 0.124. The van der Waals surface area contributed by atoms with E-state index >= 15 is 0 Å². The van der Waals surface area contributed by atoms with Crippen LogP contribution in [0.5, 0.6) is 0 Å². The fourth-order valence-electron chi connectivity index (χ4n) is 3.02. The van der Waals surface area contributed by atoms with Crippen molar-refractivity contribution in [2.24, 2.45) is 11.8 Å². The summed E-state index contributed by atoms with van der Waals surface area (Å²) in [5.74, 6) is -0.871. The van der Waals surface area contributed by atoms with Crippen molar-refractivity contribution in [1.29, 1.82) is 0 Å². The van der Waals surface area contributed by atoms with Crippen molar-refractivity contribution >= 4 is 18.3 Å². The van der Waals surface area contributed by atoms with E-state index in [1.807, 2.05) is 30.3 Å². The van der Waals surface area contributed by atoms with E-state index in [0.717, 1.165) is 18.3 Å². The second-order valence-corrected chi connectivity index (χ2v) is 7.74. The van der Waals surface area contributed by atoms with Crippen LogP contribution in [0.1, 0.15) is 32.8 Å². The monoisotopic (exact) mass is 360 g/mol. The average molecular weight is 360 g/mol. The molecule has 6 nitrogen and oxygen atoms in total. The SMILES string of the molecule is CC(C)(C)OC(=O)N1CC(C=O)CC(C(=O)NCCc2ccccc2)C1. The van der Waals surface area contributed by atoms with Gasteiger partial charge in [-0.05, 0) is 39.2 Å². The van der Waals surface area contributed by atoms with Gasteiger partial charge in [0.05, 0.1) is 5.92 Å². The predicted octanol–water partition coefficient (Wildman–Crippen LogP) is 2.42. The summed E-state index contributed by atoms with van der Waals surface area (Å²) in [6.07, 6.45) is 1.54. The number of hydrogen-bond acceptors (Lipinski definition) is 4. The molecule has 2 atom stereocenters. The summed E-state index contributed by atoms with van der Waals surface area (Å²) in [4.78, 5) is 37.5. The largest absolute Gasteiger partial charge is 0.444 e. The summed E-state index contributed by atoms with van der Waals surface area (Å²) in [5.41, 5.74) is 0.538. The first kappa shape index (κ1) is 19.9. The highest BCUT2D eigenvalue weighted by Gasteiger charge is 2.35. The van der Waals surface area contributed by atoms with Crippen LogP contribution in [0.2, 0.25) is 0 Å². The van der Waals surface area contributed by atoms with Crippen LogP contribution >= 0.6 is 0 Å². The van der Waals surface area contributed by atoms with Gasteiger partial charge < -0.3 is 19.7 Å². The zero-order chi connectivity index (χ0) is 19.2. The van der Waals surface area contributed by atoms with Gasteiger partial charge in [-0.15, -0.1) is 0 Å². The summed E-state index contributed by atoms with van der Waals surface area (Å²) < 4.78 is 5.38. The van der Waals surface area contributed by atoms with Gasteiger partial charge in [0.25, 0.3) is 0 Å². The van der Waals surface area contributed by atoms with Crippen LogP contribution in [-0.2, 0) is 20.7 Å². The molecule has 26 heavy (non-hydrogen) atoms. The standard InChI is InChI=1S/C20H28N2O4/c1-20(2,3)26-19(25)22-12-16(14-23)11-17(13-22)18(24)21-10-9-15-7-5-4-6-8-15/h4-8,14,16-17H,9-13H2,1-3H3,(H,21,24). The second kappa shape index (κ2) is 8.83. The molecule has 2 rings (SSSR count). The summed E-state index contributed by atoms with van der Waals surface area (Å²) in [6, 6.07) is 9.91. The van der Waals surface area contributed by atoms with Crippen LogP contribution in [0.15, 0.2) is 30.3 Å². The number of piperidine rings is 1. The quantitative estimate of drug-likeness (QED) is 0.818. The van der Waals surface area contributed by atoms with Crippen molar-refractivity contribution in [3.05, 3.63) is 35.9 Å². The molecule has 2 amide bonds. The Labute approximate surface area is 154 Å². The number of rotatable bonds is 5. The van der Waals surface area contributed by atoms with Gasteiger partial charge >= 0.3 is 6.09 Å². The number of hydrogen-bond donors (Lipinski definition) is 1. The zero-order valence-corrected chi connectivity index (χ0v) is 15.7. The number of benzene rings is 1. The van der Waals surface area contributed by atoms with E-state index < -0.39 is 17.6 Å². The number of aldehydes is 1. The Bertz CT molecular complexity index is 624. The fourth-order valence-corrected chi connectivity index (χ4v) is 3.02. The van der Waals surface area contributed by atoms with Gasteiger partial charge in [-0.2, -0.15) is 0 Å². The Kier molecular flexibility index (Phi) is 6.77. The van der Waals surface area contributed by atoms with Gasteiger partial charge in [0, 0.05) is 25.6 Å². The number of amides is 2. The van der Waals surface area contributed by atoms with Crippen molar-refractivity contribution in [2.75, 3.05) is 19.6 Å². The number of carbonyl (C=O) groups excluding carboxylic acids is 3. The summed E-state index contributed by atoms with van der Waals surface area (Å²) >= 11 is 0. The summed E-state index contributed by atoms with van der Waals surface area (Å²) in [5, 5.41) is 2.92. The van der Waals surface area contributed by atoms with Crippen molar-refractivity contribution in [1.82, 2.24) is 10.2 Å². The lowest BCUT2D eigenvalue weighted by molar-refractivity contribution is -0.128. The minimum atomic E-state index is -0.612. The van der Waals surface area contributed by atoms with Crippen molar-refractivity contribution in [3.8, 4) is 0 Å². The van der Waals surface area contributed by atoms with E-state index in [9.17, 15) is 14.4 Å². The molecule has 1 aliphatic heterocycles. The van der Waals surface area contributed by atoms with Crippen molar-refractivity contribution < 1.29 is 19.1 Å². The molecule has 2 unspecified atom stereocenters. The molecule has 0 aliphatic carbocycles. The van der Waals surface area contributed by atoms with E-state index in [4.69, 9.17) is 4.74 Å². The van der Waals surface area contributed by atoms with E-state index in [1.54, 1.807) is 20.8 Å². The minimum Gasteiger partial charge on any atom is -0.444 e. The predicted molar refractivity (Wildman–Crippen MR) is 98.6 cm³/mol. The highest BCUT2D eigenvalue weighted by Crippen LogP contribution is 2.23. The Morgan fingerprint density at radius 2 is 1.92 bits per heavy atom. The molecule has 0 saturated carbocycles. The number of carbonyl (C=O) groups is 3. The molecule has 1 fully saturated rings. The molecule has 6 heteroatoms. The second-order valence-electron chi connectivity index (χ2n) is 7.74. The van der Waals surface area contributed by atoms with E-state index in [0.29, 0.717) is 19.5 Å². The molecule has 0 spiro atoms. The summed E-state index contributed by atoms with van der Waals surface area (Å²) in [7, 11) is 0. The maximum atomic E-state index is 12.5.